The minimum atomic E-state index is -0.122. The molecule has 0 spiro atoms. The molecule has 1 aromatic heterocycles. The van der Waals surface area contributed by atoms with E-state index in [2.05, 4.69) is 16.6 Å². The van der Waals surface area contributed by atoms with Crippen LogP contribution >= 0.6 is 11.8 Å². The van der Waals surface area contributed by atoms with Gasteiger partial charge >= 0.3 is 0 Å². The molecular formula is C12H17N3OS. The van der Waals surface area contributed by atoms with E-state index in [1.807, 2.05) is 11.8 Å². The summed E-state index contributed by atoms with van der Waals surface area (Å²) in [5.41, 5.74) is 6.60. The van der Waals surface area contributed by atoms with Crippen LogP contribution in [0.4, 0.5) is 5.69 Å². The number of carbonyl (C=O) groups excluding carboxylic acids is 1. The highest BCUT2D eigenvalue weighted by atomic mass is 32.2. The fraction of sp³-hybridized carbons (Fsp3) is 0.500. The van der Waals surface area contributed by atoms with Crippen LogP contribution in [-0.4, -0.2) is 28.4 Å². The van der Waals surface area contributed by atoms with Crippen molar-refractivity contribution in [1.29, 1.82) is 0 Å². The van der Waals surface area contributed by atoms with Crippen molar-refractivity contribution in [2.24, 2.45) is 0 Å². The van der Waals surface area contributed by atoms with Gasteiger partial charge in [-0.1, -0.05) is 6.42 Å². The number of nitrogen functional groups attached to an aromatic ring is 1. The van der Waals surface area contributed by atoms with Crippen molar-refractivity contribution < 1.29 is 4.79 Å². The zero-order chi connectivity index (χ0) is 12.3. The molecule has 1 aromatic rings. The third kappa shape index (κ3) is 2.91. The van der Waals surface area contributed by atoms with Crippen LogP contribution in [0.1, 0.15) is 29.8 Å². The molecule has 1 amide bonds. The summed E-state index contributed by atoms with van der Waals surface area (Å²) in [4.78, 5) is 16.0. The van der Waals surface area contributed by atoms with E-state index < -0.39 is 0 Å². The summed E-state index contributed by atoms with van der Waals surface area (Å²) in [6.07, 6.45) is 7.07. The predicted molar refractivity (Wildman–Crippen MR) is 71.1 cm³/mol. The van der Waals surface area contributed by atoms with Gasteiger partial charge in [0.1, 0.15) is 5.69 Å². The van der Waals surface area contributed by atoms with Gasteiger partial charge in [-0.15, -0.1) is 0 Å². The number of anilines is 1. The standard InChI is InChI=1S/C12H17N3OS/c1-17-11-4-2-3-9(11)15-12(16)10-7-8(13)5-6-14-10/h5-7,9,11H,2-4H2,1H3,(H2,13,14)(H,15,16). The minimum absolute atomic E-state index is 0.122. The van der Waals surface area contributed by atoms with Crippen LogP contribution in [0.3, 0.4) is 0 Å². The summed E-state index contributed by atoms with van der Waals surface area (Å²) in [6.45, 7) is 0. The number of thioether (sulfide) groups is 1. The molecule has 92 valence electrons. The van der Waals surface area contributed by atoms with E-state index in [0.29, 0.717) is 16.6 Å². The molecule has 1 heterocycles. The van der Waals surface area contributed by atoms with Crippen molar-refractivity contribution in [3.8, 4) is 0 Å². The number of pyridine rings is 1. The zero-order valence-electron chi connectivity index (χ0n) is 9.85. The lowest BCUT2D eigenvalue weighted by atomic mass is 10.2. The molecule has 2 unspecified atom stereocenters. The molecule has 0 aromatic carbocycles. The number of nitrogens with one attached hydrogen (secondary N) is 1. The Kier molecular flexibility index (Phi) is 3.89. The maximum Gasteiger partial charge on any atom is 0.270 e. The second-order valence-electron chi connectivity index (χ2n) is 4.26. The second kappa shape index (κ2) is 5.40. The molecule has 2 rings (SSSR count). The van der Waals surface area contributed by atoms with E-state index in [1.54, 1.807) is 18.3 Å². The quantitative estimate of drug-likeness (QED) is 0.857. The van der Waals surface area contributed by atoms with E-state index in [-0.39, 0.29) is 11.9 Å². The number of amides is 1. The molecule has 0 bridgehead atoms. The molecule has 5 heteroatoms. The van der Waals surface area contributed by atoms with Crippen molar-refractivity contribution in [3.05, 3.63) is 24.0 Å². The van der Waals surface area contributed by atoms with Crippen molar-refractivity contribution >= 4 is 23.4 Å². The zero-order valence-corrected chi connectivity index (χ0v) is 10.7. The van der Waals surface area contributed by atoms with Gasteiger partial charge in [0.05, 0.1) is 0 Å². The van der Waals surface area contributed by atoms with Gasteiger partial charge < -0.3 is 11.1 Å². The van der Waals surface area contributed by atoms with Crippen molar-refractivity contribution in [2.75, 3.05) is 12.0 Å². The van der Waals surface area contributed by atoms with E-state index in [1.165, 1.54) is 12.8 Å². The van der Waals surface area contributed by atoms with Gasteiger partial charge in [-0.05, 0) is 31.2 Å². The van der Waals surface area contributed by atoms with Crippen molar-refractivity contribution in [2.45, 2.75) is 30.6 Å². The summed E-state index contributed by atoms with van der Waals surface area (Å²) in [5, 5.41) is 3.57. The first-order valence-electron chi connectivity index (χ1n) is 5.76. The lowest BCUT2D eigenvalue weighted by molar-refractivity contribution is 0.0933. The molecule has 1 aliphatic rings. The molecule has 2 atom stereocenters. The fourth-order valence-electron chi connectivity index (χ4n) is 2.19. The summed E-state index contributed by atoms with van der Waals surface area (Å²) in [6, 6.07) is 3.55. The molecule has 0 radical (unpaired) electrons. The Morgan fingerprint density at radius 2 is 2.41 bits per heavy atom. The van der Waals surface area contributed by atoms with Gasteiger partial charge in [0, 0.05) is 23.2 Å². The smallest absolute Gasteiger partial charge is 0.270 e. The fourth-order valence-corrected chi connectivity index (χ4v) is 3.12. The Morgan fingerprint density at radius 3 is 3.12 bits per heavy atom. The predicted octanol–water partition coefficient (Wildman–Crippen LogP) is 1.68. The van der Waals surface area contributed by atoms with Gasteiger partial charge in [-0.25, -0.2) is 0 Å². The number of aromatic nitrogens is 1. The van der Waals surface area contributed by atoms with Crippen molar-refractivity contribution in [1.82, 2.24) is 10.3 Å². The Bertz CT molecular complexity index is 410. The van der Waals surface area contributed by atoms with Gasteiger partial charge in [0.2, 0.25) is 0 Å². The number of nitrogens with zero attached hydrogens (tertiary/aromatic N) is 1. The van der Waals surface area contributed by atoms with Crippen LogP contribution in [0.25, 0.3) is 0 Å². The number of nitrogens with two attached hydrogens (primary N) is 1. The third-order valence-electron chi connectivity index (χ3n) is 3.09. The maximum atomic E-state index is 12.0. The first-order chi connectivity index (χ1) is 8.20. The van der Waals surface area contributed by atoms with Gasteiger partial charge in [0.15, 0.2) is 0 Å². The number of rotatable bonds is 3. The van der Waals surface area contributed by atoms with E-state index in [0.717, 1.165) is 6.42 Å². The molecule has 1 fully saturated rings. The highest BCUT2D eigenvalue weighted by Crippen LogP contribution is 2.28. The first-order valence-corrected chi connectivity index (χ1v) is 7.04. The highest BCUT2D eigenvalue weighted by Gasteiger charge is 2.28. The molecule has 0 aliphatic heterocycles. The van der Waals surface area contributed by atoms with Gasteiger partial charge in [-0.2, -0.15) is 11.8 Å². The summed E-state index contributed by atoms with van der Waals surface area (Å²) in [7, 11) is 0. The summed E-state index contributed by atoms with van der Waals surface area (Å²) >= 11 is 1.82. The molecule has 1 saturated carbocycles. The largest absolute Gasteiger partial charge is 0.399 e. The SMILES string of the molecule is CSC1CCCC1NC(=O)c1cc(N)ccn1. The normalized spacial score (nSPS) is 23.6. The van der Waals surface area contributed by atoms with Gasteiger partial charge in [0.25, 0.3) is 5.91 Å². The molecule has 0 saturated heterocycles. The van der Waals surface area contributed by atoms with E-state index in [9.17, 15) is 4.79 Å². The average molecular weight is 251 g/mol. The van der Waals surface area contributed by atoms with Crippen LogP contribution < -0.4 is 11.1 Å². The van der Waals surface area contributed by atoms with Crippen LogP contribution in [-0.2, 0) is 0 Å². The Morgan fingerprint density at radius 1 is 1.59 bits per heavy atom. The molecule has 1 aliphatic carbocycles. The molecular weight excluding hydrogens is 234 g/mol. The van der Waals surface area contributed by atoms with Gasteiger partial charge in [-0.3, -0.25) is 9.78 Å². The molecule has 4 nitrogen and oxygen atoms in total. The second-order valence-corrected chi connectivity index (χ2v) is 5.34. The van der Waals surface area contributed by atoms with Crippen LogP contribution in [0.2, 0.25) is 0 Å². The maximum absolute atomic E-state index is 12.0. The Labute approximate surface area is 105 Å². The Balaban J connectivity index is 2.01. The molecule has 17 heavy (non-hydrogen) atoms. The van der Waals surface area contributed by atoms with Crippen LogP contribution in [0, 0.1) is 0 Å². The lowest BCUT2D eigenvalue weighted by Gasteiger charge is -2.18. The summed E-state index contributed by atoms with van der Waals surface area (Å²) in [5.74, 6) is -0.122. The summed E-state index contributed by atoms with van der Waals surface area (Å²) < 4.78 is 0. The number of hydrogen-bond donors (Lipinski definition) is 2. The minimum Gasteiger partial charge on any atom is -0.399 e. The molecule has 3 N–H and O–H groups in total. The third-order valence-corrected chi connectivity index (χ3v) is 4.26. The van der Waals surface area contributed by atoms with Crippen molar-refractivity contribution in [3.63, 3.8) is 0 Å². The monoisotopic (exact) mass is 251 g/mol. The first kappa shape index (κ1) is 12.2. The van der Waals surface area contributed by atoms with Crippen LogP contribution in [0.15, 0.2) is 18.3 Å². The van der Waals surface area contributed by atoms with E-state index >= 15 is 0 Å². The highest BCUT2D eigenvalue weighted by molar-refractivity contribution is 7.99. The number of carbonyl (C=O) groups is 1. The lowest BCUT2D eigenvalue weighted by Crippen LogP contribution is -2.39. The number of hydrogen-bond acceptors (Lipinski definition) is 4. The van der Waals surface area contributed by atoms with Crippen LogP contribution in [0.5, 0.6) is 0 Å². The Hall–Kier alpha value is -1.23. The topological polar surface area (TPSA) is 68.0 Å². The van der Waals surface area contributed by atoms with E-state index in [4.69, 9.17) is 5.73 Å². The average Bonchev–Trinajstić information content (AvgIpc) is 2.76.